The minimum absolute atomic E-state index is 0.108. The molecule has 0 aromatic heterocycles. The van der Waals surface area contributed by atoms with E-state index in [1.54, 1.807) is 0 Å². The largest absolute Gasteiger partial charge is 0.322 e. The second-order valence-electron chi connectivity index (χ2n) is 4.18. The first-order valence-corrected chi connectivity index (χ1v) is 5.85. The van der Waals surface area contributed by atoms with E-state index in [4.69, 9.17) is 0 Å². The Morgan fingerprint density at radius 1 is 0.950 bits per heavy atom. The summed E-state index contributed by atoms with van der Waals surface area (Å²) in [4.78, 5) is 22.9. The third-order valence-corrected chi connectivity index (χ3v) is 2.74. The minimum Gasteiger partial charge on any atom is -0.322 e. The van der Waals surface area contributed by atoms with Gasteiger partial charge in [-0.05, 0) is 43.3 Å². The van der Waals surface area contributed by atoms with Gasteiger partial charge in [-0.2, -0.15) is 0 Å². The molecule has 0 saturated carbocycles. The third kappa shape index (κ3) is 2.88. The lowest BCUT2D eigenvalue weighted by molar-refractivity contribution is 0.101. The van der Waals surface area contributed by atoms with Crippen molar-refractivity contribution >= 4 is 17.4 Å². The molecular weight excluding hydrogens is 264 g/mol. The first-order chi connectivity index (χ1) is 9.49. The van der Waals surface area contributed by atoms with Gasteiger partial charge >= 0.3 is 0 Å². The molecule has 1 N–H and O–H groups in total. The van der Waals surface area contributed by atoms with Gasteiger partial charge in [-0.1, -0.05) is 6.07 Å². The van der Waals surface area contributed by atoms with Crippen LogP contribution in [0.5, 0.6) is 0 Å². The van der Waals surface area contributed by atoms with Gasteiger partial charge in [0.1, 0.15) is 17.2 Å². The molecule has 102 valence electrons. The quantitative estimate of drug-likeness (QED) is 0.872. The van der Waals surface area contributed by atoms with Crippen LogP contribution in [0, 0.1) is 11.6 Å². The molecule has 2 rings (SSSR count). The molecule has 0 aliphatic heterocycles. The molecule has 0 atom stereocenters. The molecule has 2 aromatic rings. The molecule has 0 spiro atoms. The van der Waals surface area contributed by atoms with Crippen molar-refractivity contribution < 1.29 is 18.4 Å². The summed E-state index contributed by atoms with van der Waals surface area (Å²) in [5, 5.41) is 2.38. The predicted molar refractivity (Wildman–Crippen MR) is 70.8 cm³/mol. The average Bonchev–Trinajstić information content (AvgIpc) is 2.39. The standard InChI is InChI=1S/C15H11F2NO2/c1-9(19)10-5-7-11(8-6-10)18-15(20)14-12(16)3-2-4-13(14)17/h2-8H,1H3,(H,18,20). The van der Waals surface area contributed by atoms with Gasteiger partial charge in [0.2, 0.25) is 0 Å². The fourth-order valence-corrected chi connectivity index (χ4v) is 1.70. The summed E-state index contributed by atoms with van der Waals surface area (Å²) in [5.41, 5.74) is 0.200. The van der Waals surface area contributed by atoms with Gasteiger partial charge < -0.3 is 5.32 Å². The highest BCUT2D eigenvalue weighted by Crippen LogP contribution is 2.16. The third-order valence-electron chi connectivity index (χ3n) is 2.74. The van der Waals surface area contributed by atoms with E-state index in [2.05, 4.69) is 5.32 Å². The van der Waals surface area contributed by atoms with Crippen molar-refractivity contribution in [1.82, 2.24) is 0 Å². The Morgan fingerprint density at radius 2 is 1.50 bits per heavy atom. The van der Waals surface area contributed by atoms with Crippen molar-refractivity contribution in [1.29, 1.82) is 0 Å². The number of ketones is 1. The number of hydrogen-bond acceptors (Lipinski definition) is 2. The summed E-state index contributed by atoms with van der Waals surface area (Å²) < 4.78 is 26.9. The average molecular weight is 275 g/mol. The molecule has 0 unspecified atom stereocenters. The minimum atomic E-state index is -0.928. The van der Waals surface area contributed by atoms with Gasteiger partial charge in [-0.3, -0.25) is 9.59 Å². The van der Waals surface area contributed by atoms with Crippen LogP contribution >= 0.6 is 0 Å². The Kier molecular flexibility index (Phi) is 3.89. The van der Waals surface area contributed by atoms with Crippen LogP contribution in [0.4, 0.5) is 14.5 Å². The molecule has 20 heavy (non-hydrogen) atoms. The highest BCUT2D eigenvalue weighted by atomic mass is 19.1. The lowest BCUT2D eigenvalue weighted by Gasteiger charge is -2.07. The summed E-state index contributed by atoms with van der Waals surface area (Å²) in [6.45, 7) is 1.42. The molecule has 0 radical (unpaired) electrons. The normalized spacial score (nSPS) is 10.2. The summed E-state index contributed by atoms with van der Waals surface area (Å²) in [7, 11) is 0. The SMILES string of the molecule is CC(=O)c1ccc(NC(=O)c2c(F)cccc2F)cc1. The fraction of sp³-hybridized carbons (Fsp3) is 0.0667. The fourth-order valence-electron chi connectivity index (χ4n) is 1.70. The van der Waals surface area contributed by atoms with Crippen LogP contribution < -0.4 is 5.32 Å². The van der Waals surface area contributed by atoms with Crippen molar-refractivity contribution in [3.05, 3.63) is 65.2 Å². The Labute approximate surface area is 114 Å². The predicted octanol–water partition coefficient (Wildman–Crippen LogP) is 3.42. The van der Waals surface area contributed by atoms with Crippen molar-refractivity contribution in [2.45, 2.75) is 6.92 Å². The maximum absolute atomic E-state index is 13.4. The monoisotopic (exact) mass is 275 g/mol. The van der Waals surface area contributed by atoms with Gasteiger partial charge in [0.15, 0.2) is 5.78 Å². The van der Waals surface area contributed by atoms with Crippen LogP contribution in [0.15, 0.2) is 42.5 Å². The van der Waals surface area contributed by atoms with E-state index in [0.717, 1.165) is 12.1 Å². The molecule has 5 heteroatoms. The maximum atomic E-state index is 13.4. The lowest BCUT2D eigenvalue weighted by atomic mass is 10.1. The van der Waals surface area contributed by atoms with Crippen LogP contribution in [0.2, 0.25) is 0 Å². The van der Waals surface area contributed by atoms with Crippen LogP contribution in [-0.2, 0) is 0 Å². The molecule has 0 saturated heterocycles. The van der Waals surface area contributed by atoms with E-state index in [9.17, 15) is 18.4 Å². The van der Waals surface area contributed by atoms with E-state index in [1.165, 1.54) is 37.3 Å². The van der Waals surface area contributed by atoms with Crippen LogP contribution in [-0.4, -0.2) is 11.7 Å². The number of anilines is 1. The Balaban J connectivity index is 2.21. The zero-order valence-electron chi connectivity index (χ0n) is 10.6. The first kappa shape index (κ1) is 13.9. The number of hydrogen-bond donors (Lipinski definition) is 1. The number of nitrogens with one attached hydrogen (secondary N) is 1. The van der Waals surface area contributed by atoms with E-state index >= 15 is 0 Å². The van der Waals surface area contributed by atoms with Gasteiger partial charge in [-0.25, -0.2) is 8.78 Å². The van der Waals surface area contributed by atoms with Gasteiger partial charge in [-0.15, -0.1) is 0 Å². The van der Waals surface area contributed by atoms with Crippen molar-refractivity contribution in [3.8, 4) is 0 Å². The first-order valence-electron chi connectivity index (χ1n) is 5.85. The van der Waals surface area contributed by atoms with Gasteiger partial charge in [0.25, 0.3) is 5.91 Å². The summed E-state index contributed by atoms with van der Waals surface area (Å²) >= 11 is 0. The second kappa shape index (κ2) is 5.61. The summed E-state index contributed by atoms with van der Waals surface area (Å²) in [5.74, 6) is -2.84. The van der Waals surface area contributed by atoms with Gasteiger partial charge in [0.05, 0.1) is 0 Å². The number of benzene rings is 2. The van der Waals surface area contributed by atoms with Crippen LogP contribution in [0.25, 0.3) is 0 Å². The summed E-state index contributed by atoms with van der Waals surface area (Å²) in [6.07, 6.45) is 0. The Morgan fingerprint density at radius 3 is 2.00 bits per heavy atom. The van der Waals surface area contributed by atoms with Crippen molar-refractivity contribution in [3.63, 3.8) is 0 Å². The highest BCUT2D eigenvalue weighted by molar-refractivity contribution is 6.05. The van der Waals surface area contributed by atoms with Crippen molar-refractivity contribution in [2.75, 3.05) is 5.32 Å². The number of halogens is 2. The molecule has 0 fully saturated rings. The number of carbonyl (C=O) groups is 2. The zero-order valence-corrected chi connectivity index (χ0v) is 10.6. The molecule has 0 heterocycles. The number of amides is 1. The smallest absolute Gasteiger partial charge is 0.261 e. The molecule has 1 amide bonds. The van der Waals surface area contributed by atoms with Crippen LogP contribution in [0.1, 0.15) is 27.6 Å². The lowest BCUT2D eigenvalue weighted by Crippen LogP contribution is -2.15. The molecule has 3 nitrogen and oxygen atoms in total. The second-order valence-corrected chi connectivity index (χ2v) is 4.18. The number of rotatable bonds is 3. The molecule has 0 bridgehead atoms. The topological polar surface area (TPSA) is 46.2 Å². The maximum Gasteiger partial charge on any atom is 0.261 e. The van der Waals surface area contributed by atoms with Crippen molar-refractivity contribution in [2.24, 2.45) is 0 Å². The summed E-state index contributed by atoms with van der Waals surface area (Å²) in [6, 6.07) is 9.24. The van der Waals surface area contributed by atoms with E-state index in [0.29, 0.717) is 11.3 Å². The Hall–Kier alpha value is -2.56. The van der Waals surface area contributed by atoms with Gasteiger partial charge in [0, 0.05) is 11.3 Å². The number of Topliss-reactive ketones (excluding diaryl/α,β-unsaturated/α-hetero) is 1. The van der Waals surface area contributed by atoms with Crippen LogP contribution in [0.3, 0.4) is 0 Å². The molecule has 0 aliphatic rings. The molecule has 2 aromatic carbocycles. The molecular formula is C15H11F2NO2. The zero-order chi connectivity index (χ0) is 14.7. The van der Waals surface area contributed by atoms with E-state index in [1.807, 2.05) is 0 Å². The molecule has 0 aliphatic carbocycles. The highest BCUT2D eigenvalue weighted by Gasteiger charge is 2.16. The van der Waals surface area contributed by atoms with E-state index < -0.39 is 23.1 Å². The Bertz CT molecular complexity index is 646. The van der Waals surface area contributed by atoms with E-state index in [-0.39, 0.29) is 5.78 Å². The number of carbonyl (C=O) groups excluding carboxylic acids is 2.